The van der Waals surface area contributed by atoms with Gasteiger partial charge in [0.05, 0.1) is 23.2 Å². The molecule has 1 unspecified atom stereocenters. The first-order chi connectivity index (χ1) is 9.29. The summed E-state index contributed by atoms with van der Waals surface area (Å²) in [5.74, 6) is 0.152. The molecule has 0 aliphatic carbocycles. The van der Waals surface area contributed by atoms with Gasteiger partial charge in [-0.2, -0.15) is 13.2 Å². The van der Waals surface area contributed by atoms with E-state index in [2.05, 4.69) is 15.5 Å². The number of tetrazole rings is 1. The van der Waals surface area contributed by atoms with Crippen molar-refractivity contribution in [2.75, 3.05) is 5.73 Å². The van der Waals surface area contributed by atoms with Crippen LogP contribution in [0.25, 0.3) is 11.4 Å². The van der Waals surface area contributed by atoms with Gasteiger partial charge in [-0.1, -0.05) is 17.7 Å². The molecule has 9 heteroatoms. The van der Waals surface area contributed by atoms with Gasteiger partial charge in [-0.15, -0.1) is 5.10 Å². The van der Waals surface area contributed by atoms with E-state index >= 15 is 0 Å². The monoisotopic (exact) mass is 305 g/mol. The maximum atomic E-state index is 12.4. The Bertz CT molecular complexity index is 610. The quantitative estimate of drug-likeness (QED) is 0.885. The van der Waals surface area contributed by atoms with Crippen LogP contribution in [0.5, 0.6) is 0 Å². The van der Waals surface area contributed by atoms with Crippen LogP contribution in [0.4, 0.5) is 18.9 Å². The maximum absolute atomic E-state index is 12.4. The Morgan fingerprint density at radius 2 is 2.10 bits per heavy atom. The van der Waals surface area contributed by atoms with E-state index in [1.807, 2.05) is 0 Å². The summed E-state index contributed by atoms with van der Waals surface area (Å²) in [4.78, 5) is 0. The average molecular weight is 306 g/mol. The van der Waals surface area contributed by atoms with Crippen LogP contribution in [0.1, 0.15) is 19.4 Å². The Morgan fingerprint density at radius 1 is 1.40 bits per heavy atom. The van der Waals surface area contributed by atoms with E-state index in [1.54, 1.807) is 18.2 Å². The summed E-state index contributed by atoms with van der Waals surface area (Å²) in [7, 11) is 0. The van der Waals surface area contributed by atoms with Crippen molar-refractivity contribution in [3.63, 3.8) is 0 Å². The van der Waals surface area contributed by atoms with Crippen molar-refractivity contribution >= 4 is 17.3 Å². The van der Waals surface area contributed by atoms with Gasteiger partial charge in [-0.05, 0) is 29.5 Å². The van der Waals surface area contributed by atoms with Crippen LogP contribution >= 0.6 is 11.6 Å². The first-order valence-electron chi connectivity index (χ1n) is 5.68. The fourth-order valence-corrected chi connectivity index (χ4v) is 2.02. The van der Waals surface area contributed by atoms with Crippen molar-refractivity contribution in [1.29, 1.82) is 0 Å². The van der Waals surface area contributed by atoms with E-state index in [1.165, 1.54) is 6.92 Å². The Kier molecular flexibility index (Phi) is 3.85. The number of nitrogens with zero attached hydrogens (tertiary/aromatic N) is 4. The number of nitrogen functional groups attached to an aromatic ring is 1. The largest absolute Gasteiger partial charge is 0.398 e. The van der Waals surface area contributed by atoms with Crippen molar-refractivity contribution in [2.24, 2.45) is 0 Å². The van der Waals surface area contributed by atoms with Crippen LogP contribution in [0.15, 0.2) is 18.2 Å². The summed E-state index contributed by atoms with van der Waals surface area (Å²) >= 11 is 6.04. The van der Waals surface area contributed by atoms with E-state index < -0.39 is 18.6 Å². The topological polar surface area (TPSA) is 69.6 Å². The van der Waals surface area contributed by atoms with Crippen LogP contribution in [0.2, 0.25) is 5.02 Å². The number of halogens is 4. The van der Waals surface area contributed by atoms with E-state index in [0.717, 1.165) is 4.68 Å². The summed E-state index contributed by atoms with van der Waals surface area (Å²) in [5, 5.41) is 11.0. The number of benzene rings is 1. The highest BCUT2D eigenvalue weighted by Crippen LogP contribution is 2.33. The Morgan fingerprint density at radius 3 is 2.75 bits per heavy atom. The number of nitrogens with two attached hydrogens (primary N) is 1. The van der Waals surface area contributed by atoms with Gasteiger partial charge in [-0.25, -0.2) is 4.68 Å². The molecule has 2 rings (SSSR count). The Balaban J connectivity index is 2.40. The second-order valence-corrected chi connectivity index (χ2v) is 4.70. The molecule has 2 aromatic rings. The lowest BCUT2D eigenvalue weighted by atomic mass is 10.1. The average Bonchev–Trinajstić information content (AvgIpc) is 2.79. The van der Waals surface area contributed by atoms with Gasteiger partial charge >= 0.3 is 6.18 Å². The smallest absolute Gasteiger partial charge is 0.391 e. The zero-order valence-electron chi connectivity index (χ0n) is 10.4. The second-order valence-electron chi connectivity index (χ2n) is 4.32. The maximum Gasteiger partial charge on any atom is 0.391 e. The third-order valence-corrected chi connectivity index (χ3v) is 3.13. The van der Waals surface area contributed by atoms with Crippen molar-refractivity contribution in [3.8, 4) is 11.4 Å². The van der Waals surface area contributed by atoms with Crippen molar-refractivity contribution < 1.29 is 13.2 Å². The SMILES string of the molecule is CC(CC(F)(F)F)n1nnnc1-c1cccc(N)c1Cl. The molecule has 108 valence electrons. The molecular weight excluding hydrogens is 295 g/mol. The molecule has 5 nitrogen and oxygen atoms in total. The molecule has 0 amide bonds. The molecule has 1 heterocycles. The molecule has 1 atom stereocenters. The zero-order valence-corrected chi connectivity index (χ0v) is 11.2. The molecule has 1 aromatic heterocycles. The predicted molar refractivity (Wildman–Crippen MR) is 68.1 cm³/mol. The van der Waals surface area contributed by atoms with Crippen molar-refractivity contribution in [3.05, 3.63) is 23.2 Å². The van der Waals surface area contributed by atoms with Gasteiger partial charge in [0, 0.05) is 5.56 Å². The van der Waals surface area contributed by atoms with Crippen LogP contribution in [-0.2, 0) is 0 Å². The predicted octanol–water partition coefficient (Wildman–Crippen LogP) is 3.09. The highest BCUT2D eigenvalue weighted by Gasteiger charge is 2.32. The first kappa shape index (κ1) is 14.6. The molecule has 0 saturated carbocycles. The number of rotatable bonds is 3. The molecule has 0 aliphatic heterocycles. The lowest BCUT2D eigenvalue weighted by Gasteiger charge is -2.16. The summed E-state index contributed by atoms with van der Waals surface area (Å²) in [6, 6.07) is 3.86. The minimum atomic E-state index is -4.30. The summed E-state index contributed by atoms with van der Waals surface area (Å²) in [5.41, 5.74) is 6.37. The van der Waals surface area contributed by atoms with Crippen LogP contribution in [0, 0.1) is 0 Å². The summed E-state index contributed by atoms with van der Waals surface area (Å²) < 4.78 is 38.4. The van der Waals surface area contributed by atoms with E-state index in [0.29, 0.717) is 11.3 Å². The third-order valence-electron chi connectivity index (χ3n) is 2.71. The molecular formula is C11H11ClF3N5. The van der Waals surface area contributed by atoms with E-state index in [-0.39, 0.29) is 10.8 Å². The van der Waals surface area contributed by atoms with Crippen molar-refractivity contribution in [2.45, 2.75) is 25.6 Å². The lowest BCUT2D eigenvalue weighted by Crippen LogP contribution is -2.18. The molecule has 2 N–H and O–H groups in total. The minimum Gasteiger partial charge on any atom is -0.398 e. The third kappa shape index (κ3) is 3.01. The number of alkyl halides is 3. The number of anilines is 1. The molecule has 0 saturated heterocycles. The van der Waals surface area contributed by atoms with Crippen LogP contribution in [0.3, 0.4) is 0 Å². The second kappa shape index (κ2) is 5.28. The molecule has 0 fully saturated rings. The first-order valence-corrected chi connectivity index (χ1v) is 6.06. The molecule has 0 radical (unpaired) electrons. The number of hydrogen-bond acceptors (Lipinski definition) is 4. The van der Waals surface area contributed by atoms with Gasteiger partial charge in [0.2, 0.25) is 0 Å². The molecule has 0 aliphatic rings. The lowest BCUT2D eigenvalue weighted by molar-refractivity contribution is -0.142. The fraction of sp³-hybridized carbons (Fsp3) is 0.364. The van der Waals surface area contributed by atoms with Gasteiger partial charge in [0.1, 0.15) is 0 Å². The molecule has 1 aromatic carbocycles. The van der Waals surface area contributed by atoms with Gasteiger partial charge in [-0.3, -0.25) is 0 Å². The molecule has 0 spiro atoms. The van der Waals surface area contributed by atoms with Gasteiger partial charge in [0.25, 0.3) is 0 Å². The zero-order chi connectivity index (χ0) is 14.9. The highest BCUT2D eigenvalue weighted by atomic mass is 35.5. The highest BCUT2D eigenvalue weighted by molar-refractivity contribution is 6.35. The summed E-state index contributed by atoms with van der Waals surface area (Å²) in [6.07, 6.45) is -5.34. The van der Waals surface area contributed by atoms with Crippen molar-refractivity contribution in [1.82, 2.24) is 20.2 Å². The minimum absolute atomic E-state index is 0.152. The van der Waals surface area contributed by atoms with E-state index in [9.17, 15) is 13.2 Å². The fourth-order valence-electron chi connectivity index (χ4n) is 1.81. The normalized spacial score (nSPS) is 13.4. The Labute approximate surface area is 117 Å². The van der Waals surface area contributed by atoms with Gasteiger partial charge in [0.15, 0.2) is 5.82 Å². The number of aromatic nitrogens is 4. The van der Waals surface area contributed by atoms with Crippen LogP contribution < -0.4 is 5.73 Å². The standard InChI is InChI=1S/C11H11ClF3N5/c1-6(5-11(13,14)15)20-10(17-18-19-20)7-3-2-4-8(16)9(7)12/h2-4,6H,5,16H2,1H3. The molecule has 0 bridgehead atoms. The molecule has 20 heavy (non-hydrogen) atoms. The number of hydrogen-bond donors (Lipinski definition) is 1. The van der Waals surface area contributed by atoms with Gasteiger partial charge < -0.3 is 5.73 Å². The Hall–Kier alpha value is -1.83. The van der Waals surface area contributed by atoms with Crippen LogP contribution in [-0.4, -0.2) is 26.4 Å². The summed E-state index contributed by atoms with van der Waals surface area (Å²) in [6.45, 7) is 1.38. The van der Waals surface area contributed by atoms with E-state index in [4.69, 9.17) is 17.3 Å².